The SMILES string of the molecule is COC(O)CO/C=C1/C(=O)CSc2ccccc21. The fourth-order valence-corrected chi connectivity index (χ4v) is 2.55. The van der Waals surface area contributed by atoms with E-state index < -0.39 is 6.29 Å². The Morgan fingerprint density at radius 1 is 1.50 bits per heavy atom. The largest absolute Gasteiger partial charge is 0.495 e. The number of ketones is 1. The van der Waals surface area contributed by atoms with Gasteiger partial charge in [-0.15, -0.1) is 11.8 Å². The van der Waals surface area contributed by atoms with Crippen LogP contribution in [-0.4, -0.2) is 36.6 Å². The second-order valence-electron chi connectivity index (χ2n) is 3.76. The van der Waals surface area contributed by atoms with Gasteiger partial charge in [-0.25, -0.2) is 0 Å². The second kappa shape index (κ2) is 6.04. The van der Waals surface area contributed by atoms with Gasteiger partial charge in [-0.05, 0) is 6.07 Å². The normalized spacial score (nSPS) is 18.6. The molecule has 0 bridgehead atoms. The molecule has 1 aromatic rings. The number of thioether (sulfide) groups is 1. The summed E-state index contributed by atoms with van der Waals surface area (Å²) in [6, 6.07) is 7.69. The Balaban J connectivity index is 2.16. The van der Waals surface area contributed by atoms with Gasteiger partial charge >= 0.3 is 0 Å². The zero-order chi connectivity index (χ0) is 13.0. The van der Waals surface area contributed by atoms with Crippen LogP contribution in [0.2, 0.25) is 0 Å². The summed E-state index contributed by atoms with van der Waals surface area (Å²) in [5, 5.41) is 9.18. The van der Waals surface area contributed by atoms with Crippen LogP contribution in [0.25, 0.3) is 5.57 Å². The quantitative estimate of drug-likeness (QED) is 0.510. The van der Waals surface area contributed by atoms with Gasteiger partial charge in [-0.3, -0.25) is 4.79 Å². The summed E-state index contributed by atoms with van der Waals surface area (Å²) in [7, 11) is 1.39. The van der Waals surface area contributed by atoms with Gasteiger partial charge in [-0.1, -0.05) is 18.2 Å². The number of allylic oxidation sites excluding steroid dienone is 1. The highest BCUT2D eigenvalue weighted by Gasteiger charge is 2.22. The third kappa shape index (κ3) is 2.93. The highest BCUT2D eigenvalue weighted by atomic mass is 32.2. The first-order valence-electron chi connectivity index (χ1n) is 5.50. The van der Waals surface area contributed by atoms with Crippen molar-refractivity contribution in [3.63, 3.8) is 0 Å². The van der Waals surface area contributed by atoms with Crippen molar-refractivity contribution in [2.45, 2.75) is 11.2 Å². The van der Waals surface area contributed by atoms with Gasteiger partial charge in [0.2, 0.25) is 0 Å². The molecule has 0 saturated carbocycles. The Bertz CT molecular complexity index is 470. The van der Waals surface area contributed by atoms with Crippen LogP contribution in [-0.2, 0) is 14.3 Å². The lowest BCUT2D eigenvalue weighted by Crippen LogP contribution is -2.16. The number of hydrogen-bond acceptors (Lipinski definition) is 5. The molecule has 0 spiro atoms. The van der Waals surface area contributed by atoms with E-state index in [9.17, 15) is 9.90 Å². The van der Waals surface area contributed by atoms with Gasteiger partial charge in [0.05, 0.1) is 17.6 Å². The summed E-state index contributed by atoms with van der Waals surface area (Å²) in [4.78, 5) is 12.9. The molecule has 96 valence electrons. The molecule has 1 aliphatic heterocycles. The van der Waals surface area contributed by atoms with Crippen LogP contribution < -0.4 is 0 Å². The number of hydrogen-bond donors (Lipinski definition) is 1. The molecule has 5 heteroatoms. The number of rotatable bonds is 4. The Hall–Kier alpha value is -1.30. The van der Waals surface area contributed by atoms with Crippen molar-refractivity contribution < 1.29 is 19.4 Å². The number of ether oxygens (including phenoxy) is 2. The molecule has 0 fully saturated rings. The molecule has 4 nitrogen and oxygen atoms in total. The topological polar surface area (TPSA) is 55.8 Å². The molecule has 1 aromatic carbocycles. The second-order valence-corrected chi connectivity index (χ2v) is 4.78. The van der Waals surface area contributed by atoms with Crippen LogP contribution in [0.3, 0.4) is 0 Å². The summed E-state index contributed by atoms with van der Waals surface area (Å²) < 4.78 is 9.83. The van der Waals surface area contributed by atoms with Crippen molar-refractivity contribution in [1.82, 2.24) is 0 Å². The molecule has 2 rings (SSSR count). The average Bonchev–Trinajstić information content (AvgIpc) is 2.41. The fraction of sp³-hybridized carbons (Fsp3) is 0.308. The summed E-state index contributed by atoms with van der Waals surface area (Å²) >= 11 is 1.52. The van der Waals surface area contributed by atoms with E-state index in [0.29, 0.717) is 11.3 Å². The van der Waals surface area contributed by atoms with Gasteiger partial charge in [0.1, 0.15) is 6.61 Å². The number of aliphatic hydroxyl groups excluding tert-OH is 1. The number of methoxy groups -OCH3 is 1. The smallest absolute Gasteiger partial charge is 0.188 e. The molecule has 1 aliphatic rings. The molecule has 0 radical (unpaired) electrons. The van der Waals surface area contributed by atoms with E-state index in [4.69, 9.17) is 4.74 Å². The molecule has 1 heterocycles. The minimum absolute atomic E-state index is 0.00257. The van der Waals surface area contributed by atoms with Gasteiger partial charge < -0.3 is 14.6 Å². The molecule has 18 heavy (non-hydrogen) atoms. The highest BCUT2D eigenvalue weighted by Crippen LogP contribution is 2.34. The van der Waals surface area contributed by atoms with Crippen LogP contribution in [0.1, 0.15) is 5.56 Å². The maximum absolute atomic E-state index is 11.8. The average molecular weight is 266 g/mol. The number of aliphatic hydroxyl groups is 1. The van der Waals surface area contributed by atoms with E-state index >= 15 is 0 Å². The van der Waals surface area contributed by atoms with Crippen molar-refractivity contribution in [1.29, 1.82) is 0 Å². The molecular formula is C13H14O4S. The van der Waals surface area contributed by atoms with Crippen LogP contribution in [0.4, 0.5) is 0 Å². The van der Waals surface area contributed by atoms with Crippen molar-refractivity contribution >= 4 is 23.1 Å². The van der Waals surface area contributed by atoms with E-state index in [2.05, 4.69) is 4.74 Å². The van der Waals surface area contributed by atoms with Crippen LogP contribution in [0.15, 0.2) is 35.4 Å². The first-order valence-corrected chi connectivity index (χ1v) is 6.49. The third-order valence-corrected chi connectivity index (χ3v) is 3.62. The van der Waals surface area contributed by atoms with Crippen LogP contribution >= 0.6 is 11.8 Å². The number of carbonyl (C=O) groups excluding carboxylic acids is 1. The highest BCUT2D eigenvalue weighted by molar-refractivity contribution is 8.00. The fourth-order valence-electron chi connectivity index (χ4n) is 1.60. The summed E-state index contributed by atoms with van der Waals surface area (Å²) in [5.74, 6) is 0.449. The molecule has 0 aromatic heterocycles. The standard InChI is InChI=1S/C13H14O4S/c1-16-13(15)7-17-6-10-9-4-2-3-5-12(9)18-8-11(10)14/h2-6,13,15H,7-8H2,1H3/b10-6+. The van der Waals surface area contributed by atoms with Gasteiger partial charge in [-0.2, -0.15) is 0 Å². The molecule has 1 atom stereocenters. The van der Waals surface area contributed by atoms with Crippen LogP contribution in [0, 0.1) is 0 Å². The Kier molecular flexibility index (Phi) is 4.41. The van der Waals surface area contributed by atoms with Crippen molar-refractivity contribution in [2.24, 2.45) is 0 Å². The Morgan fingerprint density at radius 2 is 2.28 bits per heavy atom. The lowest BCUT2D eigenvalue weighted by molar-refractivity contribution is -0.112. The maximum Gasteiger partial charge on any atom is 0.188 e. The molecule has 0 aliphatic carbocycles. The predicted molar refractivity (Wildman–Crippen MR) is 69.1 cm³/mol. The van der Waals surface area contributed by atoms with Crippen LogP contribution in [0.5, 0.6) is 0 Å². The van der Waals surface area contributed by atoms with Crippen molar-refractivity contribution in [3.8, 4) is 0 Å². The summed E-state index contributed by atoms with van der Waals surface area (Å²) in [5.41, 5.74) is 1.43. The Labute approximate surface area is 110 Å². The van der Waals surface area contributed by atoms with E-state index in [-0.39, 0.29) is 12.4 Å². The minimum atomic E-state index is -0.981. The van der Waals surface area contributed by atoms with Crippen molar-refractivity contribution in [3.05, 3.63) is 36.1 Å². The van der Waals surface area contributed by atoms with Gasteiger partial charge in [0.25, 0.3) is 0 Å². The number of benzene rings is 1. The zero-order valence-electron chi connectivity index (χ0n) is 9.96. The number of carbonyl (C=O) groups is 1. The first kappa shape index (κ1) is 13.1. The Morgan fingerprint density at radius 3 is 3.06 bits per heavy atom. The first-order chi connectivity index (χ1) is 8.72. The van der Waals surface area contributed by atoms with E-state index in [1.165, 1.54) is 25.1 Å². The zero-order valence-corrected chi connectivity index (χ0v) is 10.8. The van der Waals surface area contributed by atoms with E-state index in [1.807, 2.05) is 24.3 Å². The van der Waals surface area contributed by atoms with Gasteiger partial charge in [0, 0.05) is 17.6 Å². The summed E-state index contributed by atoms with van der Waals surface area (Å²) in [6.07, 6.45) is 0.425. The number of fused-ring (bicyclic) bond motifs is 1. The predicted octanol–water partition coefficient (Wildman–Crippen LogP) is 1.68. The van der Waals surface area contributed by atoms with Gasteiger partial charge in [0.15, 0.2) is 12.1 Å². The van der Waals surface area contributed by atoms with E-state index in [0.717, 1.165) is 10.5 Å². The minimum Gasteiger partial charge on any atom is -0.495 e. The third-order valence-electron chi connectivity index (χ3n) is 2.55. The van der Waals surface area contributed by atoms with Crippen molar-refractivity contribution in [2.75, 3.05) is 19.5 Å². The van der Waals surface area contributed by atoms with E-state index in [1.54, 1.807) is 0 Å². The lowest BCUT2D eigenvalue weighted by Gasteiger charge is -2.17. The molecule has 1 N–H and O–H groups in total. The molecule has 0 amide bonds. The monoisotopic (exact) mass is 266 g/mol. The molecular weight excluding hydrogens is 252 g/mol. The number of Topliss-reactive ketones (excluding diaryl/α,β-unsaturated/α-hetero) is 1. The molecule has 0 saturated heterocycles. The molecule has 1 unspecified atom stereocenters. The summed E-state index contributed by atoms with van der Waals surface area (Å²) in [6.45, 7) is 0.00257. The maximum atomic E-state index is 11.8. The lowest BCUT2D eigenvalue weighted by atomic mass is 10.0.